The standard InChI is InChI=1S/C11H13FN2O2/c1-16-5-4-9-11(15)14-10-6-7(12)2-3-8(10)13-9/h2-3,6,9,13H,4-5H2,1H3,(H,14,15). The second-order valence-electron chi connectivity index (χ2n) is 3.66. The molecule has 0 bridgehead atoms. The van der Waals surface area contributed by atoms with E-state index in [0.717, 1.165) is 5.69 Å². The van der Waals surface area contributed by atoms with Crippen LogP contribution in [0, 0.1) is 5.82 Å². The Hall–Kier alpha value is -1.62. The number of rotatable bonds is 3. The third kappa shape index (κ3) is 2.14. The molecule has 86 valence electrons. The molecule has 16 heavy (non-hydrogen) atoms. The van der Waals surface area contributed by atoms with Gasteiger partial charge in [0.05, 0.1) is 11.4 Å². The average molecular weight is 224 g/mol. The molecule has 0 spiro atoms. The number of carbonyl (C=O) groups excluding carboxylic acids is 1. The van der Waals surface area contributed by atoms with Gasteiger partial charge in [-0.05, 0) is 24.6 Å². The molecule has 1 aromatic rings. The van der Waals surface area contributed by atoms with Gasteiger partial charge in [-0.25, -0.2) is 4.39 Å². The quantitative estimate of drug-likeness (QED) is 0.819. The Morgan fingerprint density at radius 3 is 3.00 bits per heavy atom. The maximum atomic E-state index is 12.9. The first-order valence-corrected chi connectivity index (χ1v) is 5.06. The number of methoxy groups -OCH3 is 1. The molecule has 0 aliphatic carbocycles. The van der Waals surface area contributed by atoms with E-state index in [0.29, 0.717) is 18.7 Å². The zero-order valence-electron chi connectivity index (χ0n) is 8.92. The Balaban J connectivity index is 2.15. The van der Waals surface area contributed by atoms with E-state index in [1.165, 1.54) is 12.1 Å². The lowest BCUT2D eigenvalue weighted by molar-refractivity contribution is -0.117. The third-order valence-electron chi connectivity index (χ3n) is 2.50. The van der Waals surface area contributed by atoms with Crippen molar-refractivity contribution in [3.63, 3.8) is 0 Å². The summed E-state index contributed by atoms with van der Waals surface area (Å²) in [6, 6.07) is 3.95. The molecule has 1 aromatic carbocycles. The van der Waals surface area contributed by atoms with Gasteiger partial charge in [-0.1, -0.05) is 0 Å². The van der Waals surface area contributed by atoms with E-state index >= 15 is 0 Å². The highest BCUT2D eigenvalue weighted by molar-refractivity contribution is 6.02. The van der Waals surface area contributed by atoms with Crippen molar-refractivity contribution in [1.82, 2.24) is 0 Å². The Bertz CT molecular complexity index is 409. The predicted octanol–water partition coefficient (Wildman–Crippen LogP) is 1.59. The molecule has 4 nitrogen and oxygen atoms in total. The Labute approximate surface area is 92.8 Å². The summed E-state index contributed by atoms with van der Waals surface area (Å²) in [5, 5.41) is 5.71. The first-order valence-electron chi connectivity index (χ1n) is 5.06. The Kier molecular flexibility index (Phi) is 3.05. The number of hydrogen-bond donors (Lipinski definition) is 2. The number of hydrogen-bond acceptors (Lipinski definition) is 3. The minimum Gasteiger partial charge on any atom is -0.385 e. The van der Waals surface area contributed by atoms with Gasteiger partial charge in [0.15, 0.2) is 0 Å². The van der Waals surface area contributed by atoms with Crippen LogP contribution in [0.5, 0.6) is 0 Å². The van der Waals surface area contributed by atoms with Gasteiger partial charge in [0.25, 0.3) is 0 Å². The summed E-state index contributed by atoms with van der Waals surface area (Å²) in [7, 11) is 1.59. The zero-order valence-corrected chi connectivity index (χ0v) is 8.92. The molecule has 1 atom stereocenters. The molecule has 1 unspecified atom stereocenters. The van der Waals surface area contributed by atoms with Crippen LogP contribution in [0.2, 0.25) is 0 Å². The predicted molar refractivity (Wildman–Crippen MR) is 58.9 cm³/mol. The fourth-order valence-corrected chi connectivity index (χ4v) is 1.66. The summed E-state index contributed by atoms with van der Waals surface area (Å²) in [5.74, 6) is -0.522. The molecule has 0 fully saturated rings. The topological polar surface area (TPSA) is 50.4 Å². The zero-order chi connectivity index (χ0) is 11.5. The number of ether oxygens (including phenoxy) is 1. The van der Waals surface area contributed by atoms with Crippen LogP contribution < -0.4 is 10.6 Å². The van der Waals surface area contributed by atoms with Gasteiger partial charge in [-0.2, -0.15) is 0 Å². The molecule has 0 saturated heterocycles. The third-order valence-corrected chi connectivity index (χ3v) is 2.50. The highest BCUT2D eigenvalue weighted by atomic mass is 19.1. The van der Waals surface area contributed by atoms with Crippen molar-refractivity contribution in [3.05, 3.63) is 24.0 Å². The van der Waals surface area contributed by atoms with Crippen molar-refractivity contribution < 1.29 is 13.9 Å². The first-order chi connectivity index (χ1) is 7.70. The van der Waals surface area contributed by atoms with Gasteiger partial charge in [0.2, 0.25) is 5.91 Å². The number of halogens is 1. The van der Waals surface area contributed by atoms with Crippen molar-refractivity contribution in [2.24, 2.45) is 0 Å². The molecule has 1 amide bonds. The molecular weight excluding hydrogens is 211 g/mol. The van der Waals surface area contributed by atoms with Crippen molar-refractivity contribution >= 4 is 17.3 Å². The van der Waals surface area contributed by atoms with Crippen LogP contribution in [0.1, 0.15) is 6.42 Å². The number of anilines is 2. The van der Waals surface area contributed by atoms with E-state index in [4.69, 9.17) is 4.74 Å². The number of nitrogens with one attached hydrogen (secondary N) is 2. The SMILES string of the molecule is COCCC1Nc2ccc(F)cc2NC1=O. The Morgan fingerprint density at radius 1 is 1.44 bits per heavy atom. The number of amides is 1. The summed E-state index contributed by atoms with van der Waals surface area (Å²) < 4.78 is 17.8. The lowest BCUT2D eigenvalue weighted by atomic mass is 10.1. The smallest absolute Gasteiger partial charge is 0.247 e. The number of benzene rings is 1. The maximum Gasteiger partial charge on any atom is 0.247 e. The molecule has 0 aromatic heterocycles. The molecular formula is C11H13FN2O2. The van der Waals surface area contributed by atoms with Gasteiger partial charge < -0.3 is 15.4 Å². The Morgan fingerprint density at radius 2 is 2.25 bits per heavy atom. The second-order valence-corrected chi connectivity index (χ2v) is 3.66. The second kappa shape index (κ2) is 4.49. The fraction of sp³-hybridized carbons (Fsp3) is 0.364. The summed E-state index contributed by atoms with van der Waals surface area (Å²) in [5.41, 5.74) is 1.22. The maximum absolute atomic E-state index is 12.9. The molecule has 2 rings (SSSR count). The van der Waals surface area contributed by atoms with E-state index in [1.807, 2.05) is 0 Å². The minimum atomic E-state index is -0.365. The van der Waals surface area contributed by atoms with Crippen LogP contribution in [0.4, 0.5) is 15.8 Å². The van der Waals surface area contributed by atoms with E-state index in [9.17, 15) is 9.18 Å². The monoisotopic (exact) mass is 224 g/mol. The van der Waals surface area contributed by atoms with Crippen molar-refractivity contribution in [3.8, 4) is 0 Å². The molecule has 1 heterocycles. The van der Waals surface area contributed by atoms with E-state index in [2.05, 4.69) is 10.6 Å². The largest absolute Gasteiger partial charge is 0.385 e. The fourth-order valence-electron chi connectivity index (χ4n) is 1.66. The molecule has 5 heteroatoms. The molecule has 0 radical (unpaired) electrons. The van der Waals surface area contributed by atoms with Crippen molar-refractivity contribution in [1.29, 1.82) is 0 Å². The number of carbonyl (C=O) groups is 1. The first kappa shape index (κ1) is 10.9. The van der Waals surface area contributed by atoms with Crippen LogP contribution in [0.25, 0.3) is 0 Å². The number of fused-ring (bicyclic) bond motifs is 1. The average Bonchev–Trinajstić information content (AvgIpc) is 2.26. The molecule has 1 aliphatic heterocycles. The molecule has 0 saturated carbocycles. The van der Waals surface area contributed by atoms with Gasteiger partial charge in [0.1, 0.15) is 11.9 Å². The lowest BCUT2D eigenvalue weighted by Crippen LogP contribution is -2.39. The lowest BCUT2D eigenvalue weighted by Gasteiger charge is -2.26. The van der Waals surface area contributed by atoms with Crippen LogP contribution >= 0.6 is 0 Å². The van der Waals surface area contributed by atoms with Gasteiger partial charge in [0, 0.05) is 13.7 Å². The minimum absolute atomic E-state index is 0.157. The molecule has 2 N–H and O–H groups in total. The van der Waals surface area contributed by atoms with Crippen LogP contribution in [-0.4, -0.2) is 25.7 Å². The van der Waals surface area contributed by atoms with Crippen molar-refractivity contribution in [2.45, 2.75) is 12.5 Å². The normalized spacial score (nSPS) is 18.6. The highest BCUT2D eigenvalue weighted by Crippen LogP contribution is 2.27. The molecule has 1 aliphatic rings. The van der Waals surface area contributed by atoms with Gasteiger partial charge in [-0.15, -0.1) is 0 Å². The summed E-state index contributed by atoms with van der Waals surface area (Å²) in [6.07, 6.45) is 0.582. The van der Waals surface area contributed by atoms with E-state index < -0.39 is 0 Å². The summed E-state index contributed by atoms with van der Waals surface area (Å²) >= 11 is 0. The highest BCUT2D eigenvalue weighted by Gasteiger charge is 2.24. The van der Waals surface area contributed by atoms with Crippen molar-refractivity contribution in [2.75, 3.05) is 24.4 Å². The van der Waals surface area contributed by atoms with E-state index in [1.54, 1.807) is 13.2 Å². The van der Waals surface area contributed by atoms with Gasteiger partial charge >= 0.3 is 0 Å². The van der Waals surface area contributed by atoms with Gasteiger partial charge in [-0.3, -0.25) is 4.79 Å². The summed E-state index contributed by atoms with van der Waals surface area (Å²) in [4.78, 5) is 11.6. The van der Waals surface area contributed by atoms with Crippen LogP contribution in [0.3, 0.4) is 0 Å². The van der Waals surface area contributed by atoms with Crippen LogP contribution in [-0.2, 0) is 9.53 Å². The van der Waals surface area contributed by atoms with Crippen LogP contribution in [0.15, 0.2) is 18.2 Å². The van der Waals surface area contributed by atoms with E-state index in [-0.39, 0.29) is 17.8 Å². The summed E-state index contributed by atoms with van der Waals surface area (Å²) in [6.45, 7) is 0.502.